The zero-order valence-electron chi connectivity index (χ0n) is 11.4. The zero-order chi connectivity index (χ0) is 14.8. The second kappa shape index (κ2) is 5.95. The van der Waals surface area contributed by atoms with Crippen molar-refractivity contribution in [2.45, 2.75) is 25.4 Å². The maximum Gasteiger partial charge on any atom is 0.283 e. The van der Waals surface area contributed by atoms with Gasteiger partial charge in [0, 0.05) is 18.7 Å². The second-order valence-electron chi connectivity index (χ2n) is 5.18. The van der Waals surface area contributed by atoms with E-state index in [2.05, 4.69) is 45.5 Å². The van der Waals surface area contributed by atoms with Crippen molar-refractivity contribution in [1.82, 2.24) is 5.32 Å². The molecule has 1 aliphatic carbocycles. The predicted octanol–water partition coefficient (Wildman–Crippen LogP) is 4.13. The summed E-state index contributed by atoms with van der Waals surface area (Å²) in [6, 6.07) is 13.9. The van der Waals surface area contributed by atoms with Crippen molar-refractivity contribution in [2.24, 2.45) is 0 Å². The van der Waals surface area contributed by atoms with Crippen LogP contribution in [-0.2, 0) is 13.0 Å². The smallest absolute Gasteiger partial charge is 0.283 e. The van der Waals surface area contributed by atoms with Crippen molar-refractivity contribution in [3.05, 3.63) is 73.7 Å². The second-order valence-corrected chi connectivity index (χ2v) is 5.97. The lowest BCUT2D eigenvalue weighted by Crippen LogP contribution is -2.19. The number of halogens is 1. The summed E-state index contributed by atoms with van der Waals surface area (Å²) >= 11 is 3.34. The normalized spacial score (nSPS) is 16.7. The predicted molar refractivity (Wildman–Crippen MR) is 85.1 cm³/mol. The van der Waals surface area contributed by atoms with E-state index in [0.717, 1.165) is 18.4 Å². The van der Waals surface area contributed by atoms with Gasteiger partial charge in [-0.3, -0.25) is 10.1 Å². The molecule has 21 heavy (non-hydrogen) atoms. The highest BCUT2D eigenvalue weighted by Gasteiger charge is 2.22. The van der Waals surface area contributed by atoms with Crippen LogP contribution in [0.3, 0.4) is 0 Å². The molecule has 0 fully saturated rings. The maximum atomic E-state index is 11.0. The molecule has 0 spiro atoms. The van der Waals surface area contributed by atoms with Crippen LogP contribution >= 0.6 is 15.9 Å². The molecular formula is C16H15BrN2O2. The number of nitro benzene ring substituents is 1. The zero-order valence-corrected chi connectivity index (χ0v) is 13.0. The molecule has 0 amide bonds. The summed E-state index contributed by atoms with van der Waals surface area (Å²) in [6.45, 7) is 0.612. The van der Waals surface area contributed by atoms with Crippen molar-refractivity contribution in [1.29, 1.82) is 0 Å². The molecule has 1 aliphatic rings. The molecule has 0 aromatic heterocycles. The van der Waals surface area contributed by atoms with E-state index in [1.807, 2.05) is 6.07 Å². The van der Waals surface area contributed by atoms with E-state index in [0.29, 0.717) is 17.1 Å². The van der Waals surface area contributed by atoms with Gasteiger partial charge in [0.25, 0.3) is 5.69 Å². The average molecular weight is 347 g/mol. The monoisotopic (exact) mass is 346 g/mol. The van der Waals surface area contributed by atoms with Crippen LogP contribution in [0.1, 0.15) is 29.2 Å². The molecule has 0 saturated heterocycles. The van der Waals surface area contributed by atoms with Gasteiger partial charge in [-0.15, -0.1) is 0 Å². The standard InChI is InChI=1S/C16H15BrN2O2/c17-16-12(5-3-7-15(16)19(20)21)10-18-14-9-8-11-4-1-2-6-13(11)14/h1-7,14,18H,8-10H2. The first-order chi connectivity index (χ1) is 10.2. The molecule has 1 atom stereocenters. The third-order valence-electron chi connectivity index (χ3n) is 3.93. The molecule has 0 heterocycles. The van der Waals surface area contributed by atoms with Gasteiger partial charge in [-0.25, -0.2) is 0 Å². The Balaban J connectivity index is 1.75. The van der Waals surface area contributed by atoms with Crippen LogP contribution in [0.5, 0.6) is 0 Å². The Kier molecular flexibility index (Phi) is 4.03. The van der Waals surface area contributed by atoms with Gasteiger partial charge in [-0.1, -0.05) is 36.4 Å². The highest BCUT2D eigenvalue weighted by molar-refractivity contribution is 9.10. The molecular weight excluding hydrogens is 332 g/mol. The van der Waals surface area contributed by atoms with Gasteiger partial charge < -0.3 is 5.32 Å². The van der Waals surface area contributed by atoms with Gasteiger partial charge in [0.05, 0.1) is 9.40 Å². The summed E-state index contributed by atoms with van der Waals surface area (Å²) in [7, 11) is 0. The quantitative estimate of drug-likeness (QED) is 0.668. The van der Waals surface area contributed by atoms with Crippen LogP contribution in [0.25, 0.3) is 0 Å². The SMILES string of the molecule is O=[N+]([O-])c1cccc(CNC2CCc3ccccc32)c1Br. The van der Waals surface area contributed by atoms with Crippen molar-refractivity contribution >= 4 is 21.6 Å². The van der Waals surface area contributed by atoms with Crippen molar-refractivity contribution in [3.63, 3.8) is 0 Å². The highest BCUT2D eigenvalue weighted by Crippen LogP contribution is 2.32. The number of nitro groups is 1. The van der Waals surface area contributed by atoms with Gasteiger partial charge in [-0.05, 0) is 45.5 Å². The van der Waals surface area contributed by atoms with E-state index < -0.39 is 0 Å². The molecule has 5 heteroatoms. The van der Waals surface area contributed by atoms with Crippen molar-refractivity contribution in [3.8, 4) is 0 Å². The molecule has 0 radical (unpaired) electrons. The first-order valence-corrected chi connectivity index (χ1v) is 7.69. The molecule has 0 aliphatic heterocycles. The number of benzene rings is 2. The van der Waals surface area contributed by atoms with E-state index in [9.17, 15) is 10.1 Å². The molecule has 4 nitrogen and oxygen atoms in total. The van der Waals surface area contributed by atoms with E-state index in [1.54, 1.807) is 6.07 Å². The number of nitrogens with one attached hydrogen (secondary N) is 1. The summed E-state index contributed by atoms with van der Waals surface area (Å²) in [5, 5.41) is 14.5. The Bertz CT molecular complexity index is 688. The van der Waals surface area contributed by atoms with Gasteiger partial charge in [-0.2, -0.15) is 0 Å². The van der Waals surface area contributed by atoms with Crippen molar-refractivity contribution < 1.29 is 4.92 Å². The molecule has 0 bridgehead atoms. The molecule has 1 N–H and O–H groups in total. The molecule has 3 rings (SSSR count). The van der Waals surface area contributed by atoms with Crippen LogP contribution in [0.15, 0.2) is 46.9 Å². The maximum absolute atomic E-state index is 11.0. The molecule has 2 aromatic rings. The number of nitrogens with zero attached hydrogens (tertiary/aromatic N) is 1. The van der Waals surface area contributed by atoms with Gasteiger partial charge in [0.2, 0.25) is 0 Å². The third kappa shape index (κ3) is 2.84. The molecule has 0 saturated carbocycles. The molecule has 1 unspecified atom stereocenters. The van der Waals surface area contributed by atoms with E-state index in [1.165, 1.54) is 17.2 Å². The Morgan fingerprint density at radius 1 is 1.24 bits per heavy atom. The lowest BCUT2D eigenvalue weighted by Gasteiger charge is -2.14. The molecule has 108 valence electrons. The van der Waals surface area contributed by atoms with E-state index in [4.69, 9.17) is 0 Å². The van der Waals surface area contributed by atoms with Crippen LogP contribution in [-0.4, -0.2) is 4.92 Å². The Hall–Kier alpha value is -1.72. The van der Waals surface area contributed by atoms with Crippen LogP contribution in [0.4, 0.5) is 5.69 Å². The fraction of sp³-hybridized carbons (Fsp3) is 0.250. The number of fused-ring (bicyclic) bond motifs is 1. The van der Waals surface area contributed by atoms with Gasteiger partial charge >= 0.3 is 0 Å². The number of aryl methyl sites for hydroxylation is 1. The van der Waals surface area contributed by atoms with E-state index >= 15 is 0 Å². The van der Waals surface area contributed by atoms with Crippen molar-refractivity contribution in [2.75, 3.05) is 0 Å². The summed E-state index contributed by atoms with van der Waals surface area (Å²) in [5.41, 5.74) is 3.77. The topological polar surface area (TPSA) is 55.2 Å². The van der Waals surface area contributed by atoms with Gasteiger partial charge in [0.15, 0.2) is 0 Å². The summed E-state index contributed by atoms with van der Waals surface area (Å²) in [5.74, 6) is 0. The number of hydrogen-bond acceptors (Lipinski definition) is 3. The highest BCUT2D eigenvalue weighted by atomic mass is 79.9. The Labute approximate surface area is 131 Å². The third-order valence-corrected chi connectivity index (χ3v) is 4.84. The minimum atomic E-state index is -0.363. The fourth-order valence-corrected chi connectivity index (χ4v) is 3.40. The minimum absolute atomic E-state index is 0.112. The summed E-state index contributed by atoms with van der Waals surface area (Å²) < 4.78 is 0.564. The van der Waals surface area contributed by atoms with Crippen LogP contribution in [0, 0.1) is 10.1 Å². The number of rotatable bonds is 4. The Morgan fingerprint density at radius 3 is 2.86 bits per heavy atom. The van der Waals surface area contributed by atoms with Crippen LogP contribution < -0.4 is 5.32 Å². The van der Waals surface area contributed by atoms with Gasteiger partial charge in [0.1, 0.15) is 0 Å². The first kappa shape index (κ1) is 14.2. The first-order valence-electron chi connectivity index (χ1n) is 6.90. The fourth-order valence-electron chi connectivity index (χ4n) is 2.85. The lowest BCUT2D eigenvalue weighted by atomic mass is 10.1. The Morgan fingerprint density at radius 2 is 2.05 bits per heavy atom. The molecule has 2 aromatic carbocycles. The van der Waals surface area contributed by atoms with Crippen LogP contribution in [0.2, 0.25) is 0 Å². The van der Waals surface area contributed by atoms with E-state index in [-0.39, 0.29) is 10.6 Å². The lowest BCUT2D eigenvalue weighted by molar-refractivity contribution is -0.385. The number of hydrogen-bond donors (Lipinski definition) is 1. The minimum Gasteiger partial charge on any atom is -0.306 e. The average Bonchev–Trinajstić information content (AvgIpc) is 2.89. The largest absolute Gasteiger partial charge is 0.306 e. The summed E-state index contributed by atoms with van der Waals surface area (Å²) in [6.07, 6.45) is 2.16. The summed E-state index contributed by atoms with van der Waals surface area (Å²) in [4.78, 5) is 10.6.